The third-order valence-corrected chi connectivity index (χ3v) is 1.43. The summed E-state index contributed by atoms with van der Waals surface area (Å²) >= 11 is 0. The van der Waals surface area contributed by atoms with Gasteiger partial charge in [0.05, 0.1) is 0 Å². The minimum atomic E-state index is -0.0235. The normalized spacial score (nSPS) is 10.5. The predicted molar refractivity (Wildman–Crippen MR) is 35.3 cm³/mol. The second-order valence-corrected chi connectivity index (χ2v) is 2.11. The van der Waals surface area contributed by atoms with Crippen LogP contribution in [0.15, 0.2) is 18.2 Å². The standard InChI is InChI=1S/C6H4N3O2/c10-5-3-1-2-4-6(5)7-8-9(4)11/h1-3,10H. The fourth-order valence-corrected chi connectivity index (χ4v) is 0.910. The molecule has 1 aromatic heterocycles. The Morgan fingerprint density at radius 3 is 3.00 bits per heavy atom. The van der Waals surface area contributed by atoms with Crippen molar-refractivity contribution in [3.8, 4) is 5.75 Å². The van der Waals surface area contributed by atoms with Gasteiger partial charge in [-0.1, -0.05) is 6.07 Å². The van der Waals surface area contributed by atoms with Crippen molar-refractivity contribution in [2.45, 2.75) is 0 Å². The van der Waals surface area contributed by atoms with E-state index in [0.29, 0.717) is 4.85 Å². The van der Waals surface area contributed by atoms with Gasteiger partial charge in [0.1, 0.15) is 11.3 Å². The van der Waals surface area contributed by atoms with Crippen LogP contribution in [0.3, 0.4) is 0 Å². The van der Waals surface area contributed by atoms with E-state index in [9.17, 15) is 5.21 Å². The molecule has 0 aliphatic heterocycles. The van der Waals surface area contributed by atoms with Gasteiger partial charge < -0.3 is 5.11 Å². The average molecular weight is 150 g/mol. The molecule has 0 bridgehead atoms. The molecule has 0 aliphatic carbocycles. The first-order chi connectivity index (χ1) is 5.29. The second kappa shape index (κ2) is 1.85. The molecular weight excluding hydrogens is 146 g/mol. The van der Waals surface area contributed by atoms with E-state index in [2.05, 4.69) is 10.3 Å². The Morgan fingerprint density at radius 2 is 2.27 bits per heavy atom. The lowest BCUT2D eigenvalue weighted by Gasteiger charge is -1.88. The number of hydrogen-bond donors (Lipinski definition) is 1. The van der Waals surface area contributed by atoms with E-state index < -0.39 is 0 Å². The molecule has 2 aromatic rings. The maximum atomic E-state index is 10.8. The maximum absolute atomic E-state index is 10.8. The van der Waals surface area contributed by atoms with Crippen LogP contribution in [-0.4, -0.2) is 20.3 Å². The van der Waals surface area contributed by atoms with Crippen LogP contribution in [0.5, 0.6) is 5.75 Å². The summed E-state index contributed by atoms with van der Waals surface area (Å²) in [6.45, 7) is 0. The summed E-state index contributed by atoms with van der Waals surface area (Å²) in [4.78, 5) is 0.370. The fourth-order valence-electron chi connectivity index (χ4n) is 0.910. The lowest BCUT2D eigenvalue weighted by Crippen LogP contribution is -1.88. The van der Waals surface area contributed by atoms with Crippen LogP contribution in [0.25, 0.3) is 11.0 Å². The lowest BCUT2D eigenvalue weighted by molar-refractivity contribution is 0.0651. The summed E-state index contributed by atoms with van der Waals surface area (Å²) in [5.41, 5.74) is 0.521. The van der Waals surface area contributed by atoms with Gasteiger partial charge >= 0.3 is 0 Å². The van der Waals surface area contributed by atoms with E-state index in [1.165, 1.54) is 6.07 Å². The molecule has 0 aliphatic rings. The van der Waals surface area contributed by atoms with E-state index in [-0.39, 0.29) is 16.8 Å². The molecule has 0 fully saturated rings. The first kappa shape index (κ1) is 5.96. The van der Waals surface area contributed by atoms with Crippen molar-refractivity contribution in [3.05, 3.63) is 18.2 Å². The van der Waals surface area contributed by atoms with E-state index in [1.807, 2.05) is 0 Å². The van der Waals surface area contributed by atoms with Crippen molar-refractivity contribution in [1.29, 1.82) is 0 Å². The van der Waals surface area contributed by atoms with E-state index in [0.717, 1.165) is 0 Å². The second-order valence-electron chi connectivity index (χ2n) is 2.11. The van der Waals surface area contributed by atoms with Crippen molar-refractivity contribution in [3.63, 3.8) is 0 Å². The summed E-state index contributed by atoms with van der Waals surface area (Å²) in [7, 11) is 0. The molecule has 0 spiro atoms. The molecule has 0 amide bonds. The molecule has 55 valence electrons. The SMILES string of the molecule is [O]n1nnc2c(O)cccc21. The van der Waals surface area contributed by atoms with E-state index in [4.69, 9.17) is 5.11 Å². The molecule has 0 saturated carbocycles. The average Bonchev–Trinajstić information content (AvgIpc) is 2.35. The van der Waals surface area contributed by atoms with Crippen LogP contribution >= 0.6 is 0 Å². The topological polar surface area (TPSA) is 70.8 Å². The smallest absolute Gasteiger partial charge is 0.158 e. The van der Waals surface area contributed by atoms with Gasteiger partial charge in [-0.3, -0.25) is 0 Å². The molecule has 11 heavy (non-hydrogen) atoms. The number of hydrogen-bond acceptors (Lipinski definition) is 3. The molecule has 5 nitrogen and oxygen atoms in total. The third-order valence-electron chi connectivity index (χ3n) is 1.43. The van der Waals surface area contributed by atoms with Gasteiger partial charge in [0.15, 0.2) is 5.52 Å². The summed E-state index contributed by atoms with van der Waals surface area (Å²) in [5.74, 6) is -0.0235. The van der Waals surface area contributed by atoms with Crippen molar-refractivity contribution < 1.29 is 10.3 Å². The number of phenolic OH excluding ortho intramolecular Hbond substituents is 1. The molecule has 1 radical (unpaired) electrons. The van der Waals surface area contributed by atoms with Crippen molar-refractivity contribution >= 4 is 11.0 Å². The Kier molecular flexibility index (Phi) is 1.00. The highest BCUT2D eigenvalue weighted by molar-refractivity contribution is 5.80. The fraction of sp³-hybridized carbons (Fsp3) is 0. The van der Waals surface area contributed by atoms with Gasteiger partial charge in [-0.25, -0.2) is 0 Å². The number of aromatic hydroxyl groups is 1. The summed E-state index contributed by atoms with van der Waals surface area (Å²) in [5, 5.41) is 26.6. The zero-order valence-electron chi connectivity index (χ0n) is 5.43. The molecule has 0 unspecified atom stereocenters. The number of aromatic nitrogens is 3. The molecule has 0 atom stereocenters. The van der Waals surface area contributed by atoms with Crippen LogP contribution in [0.1, 0.15) is 0 Å². The number of rotatable bonds is 0. The zero-order valence-corrected chi connectivity index (χ0v) is 5.43. The summed E-state index contributed by atoms with van der Waals surface area (Å²) in [6, 6.07) is 4.56. The van der Waals surface area contributed by atoms with Gasteiger partial charge in [-0.15, -0.1) is 10.3 Å². The number of nitrogens with zero attached hydrogens (tertiary/aromatic N) is 3. The van der Waals surface area contributed by atoms with Crippen molar-refractivity contribution in [2.75, 3.05) is 0 Å². The minimum absolute atomic E-state index is 0.0235. The number of phenols is 1. The van der Waals surface area contributed by atoms with Crippen LogP contribution < -0.4 is 0 Å². The highest BCUT2D eigenvalue weighted by Gasteiger charge is 2.06. The Morgan fingerprint density at radius 1 is 1.45 bits per heavy atom. The lowest BCUT2D eigenvalue weighted by atomic mass is 10.3. The molecule has 1 aromatic carbocycles. The highest BCUT2D eigenvalue weighted by Crippen LogP contribution is 2.19. The Hall–Kier alpha value is -1.78. The molecule has 1 heterocycles. The predicted octanol–water partition coefficient (Wildman–Crippen LogP) is 0.330. The third kappa shape index (κ3) is 0.706. The summed E-state index contributed by atoms with van der Waals surface area (Å²) < 4.78 is 0. The largest absolute Gasteiger partial charge is 0.506 e. The van der Waals surface area contributed by atoms with Gasteiger partial charge in [0.25, 0.3) is 0 Å². The monoisotopic (exact) mass is 150 g/mol. The number of fused-ring (bicyclic) bond motifs is 1. The highest BCUT2D eigenvalue weighted by atomic mass is 16.5. The molecule has 0 saturated heterocycles. The van der Waals surface area contributed by atoms with Crippen LogP contribution in [0.2, 0.25) is 0 Å². The van der Waals surface area contributed by atoms with Crippen LogP contribution in [0.4, 0.5) is 0 Å². The summed E-state index contributed by atoms with van der Waals surface area (Å²) in [6.07, 6.45) is 0. The van der Waals surface area contributed by atoms with Crippen molar-refractivity contribution in [2.24, 2.45) is 0 Å². The molecular formula is C6H4N3O2. The number of benzene rings is 1. The molecule has 1 N–H and O–H groups in total. The molecule has 2 rings (SSSR count). The van der Waals surface area contributed by atoms with E-state index >= 15 is 0 Å². The quantitative estimate of drug-likeness (QED) is 0.588. The van der Waals surface area contributed by atoms with E-state index in [1.54, 1.807) is 12.1 Å². The van der Waals surface area contributed by atoms with Gasteiger partial charge in [0, 0.05) is 0 Å². The minimum Gasteiger partial charge on any atom is -0.506 e. The Balaban J connectivity index is 2.94. The maximum Gasteiger partial charge on any atom is 0.158 e. The zero-order chi connectivity index (χ0) is 7.84. The Bertz CT molecular complexity index is 396. The van der Waals surface area contributed by atoms with Crippen LogP contribution in [0, 0.1) is 0 Å². The van der Waals surface area contributed by atoms with Gasteiger partial charge in [0.2, 0.25) is 0 Å². The Labute approximate surface area is 61.5 Å². The first-order valence-corrected chi connectivity index (χ1v) is 3.00. The van der Waals surface area contributed by atoms with Gasteiger partial charge in [-0.05, 0) is 22.2 Å². The molecule has 5 heteroatoms. The first-order valence-electron chi connectivity index (χ1n) is 3.00. The van der Waals surface area contributed by atoms with Crippen LogP contribution in [-0.2, 0) is 5.21 Å². The van der Waals surface area contributed by atoms with Gasteiger partial charge in [-0.2, -0.15) is 0 Å². The van der Waals surface area contributed by atoms with Crippen molar-refractivity contribution in [1.82, 2.24) is 15.2 Å².